The zero-order valence-corrected chi connectivity index (χ0v) is 14.9. The van der Waals surface area contributed by atoms with Gasteiger partial charge < -0.3 is 9.22 Å². The second-order valence-corrected chi connectivity index (χ2v) is 8.85. The summed E-state index contributed by atoms with van der Waals surface area (Å²) in [4.78, 5) is 11.9. The van der Waals surface area contributed by atoms with Crippen LogP contribution in [0.1, 0.15) is 34.1 Å². The van der Waals surface area contributed by atoms with Crippen molar-refractivity contribution in [2.75, 3.05) is 39.5 Å². The number of likely N-dealkylation sites (N-methyl/N-ethyl adjacent to an activating group) is 1. The van der Waals surface area contributed by atoms with E-state index in [0.717, 1.165) is 0 Å². The summed E-state index contributed by atoms with van der Waals surface area (Å²) >= 11 is 0. The Morgan fingerprint density at radius 3 is 2.19 bits per heavy atom. The number of carbonyl (C=O) groups is 1. The van der Waals surface area contributed by atoms with Crippen LogP contribution in [0.2, 0.25) is 0 Å². The van der Waals surface area contributed by atoms with Gasteiger partial charge in [0.2, 0.25) is 0 Å². The summed E-state index contributed by atoms with van der Waals surface area (Å²) in [6.45, 7) is 9.34. The number of hydrogen-bond donors (Lipinski definition) is 1. The highest BCUT2D eigenvalue weighted by atomic mass is 32.2. The molecular formula is C14H30NO5S+. The van der Waals surface area contributed by atoms with Crippen molar-refractivity contribution in [2.45, 2.75) is 34.1 Å². The maximum atomic E-state index is 11.9. The highest BCUT2D eigenvalue weighted by Crippen LogP contribution is 2.26. The Morgan fingerprint density at radius 1 is 1.24 bits per heavy atom. The van der Waals surface area contributed by atoms with E-state index >= 15 is 0 Å². The molecule has 6 nitrogen and oxygen atoms in total. The van der Waals surface area contributed by atoms with Crippen molar-refractivity contribution in [3.05, 3.63) is 0 Å². The molecule has 0 amide bonds. The summed E-state index contributed by atoms with van der Waals surface area (Å²) in [7, 11) is -0.0324. The molecule has 0 spiro atoms. The van der Waals surface area contributed by atoms with Gasteiger partial charge in [-0.25, -0.2) is 0 Å². The number of esters is 1. The number of rotatable bonds is 8. The van der Waals surface area contributed by atoms with E-state index in [9.17, 15) is 13.2 Å². The monoisotopic (exact) mass is 324 g/mol. The first-order chi connectivity index (χ1) is 9.25. The van der Waals surface area contributed by atoms with Gasteiger partial charge in [-0.05, 0) is 5.41 Å². The number of carbonyl (C=O) groups excluding carboxylic acids is 1. The minimum Gasteiger partial charge on any atom is -0.459 e. The normalized spacial score (nSPS) is 14.8. The standard InChI is InChI=1S/C14H29NO5S/c1-12(14(2,3)4)13(16)20-10-9-15(5,6)8-7-11-21(17,18)19/h12H,7-11H2,1-6H3/p+1. The molecule has 0 bridgehead atoms. The Bertz CT molecular complexity index is 437. The number of hydrogen-bond acceptors (Lipinski definition) is 4. The lowest BCUT2D eigenvalue weighted by Crippen LogP contribution is -2.44. The van der Waals surface area contributed by atoms with Crippen LogP contribution in [0.5, 0.6) is 0 Å². The molecule has 1 N–H and O–H groups in total. The Kier molecular flexibility index (Phi) is 7.32. The maximum absolute atomic E-state index is 11.9. The van der Waals surface area contributed by atoms with Gasteiger partial charge in [0.1, 0.15) is 13.2 Å². The average molecular weight is 324 g/mol. The summed E-state index contributed by atoms with van der Waals surface area (Å²) in [5.74, 6) is -0.622. The van der Waals surface area contributed by atoms with Crippen molar-refractivity contribution in [1.29, 1.82) is 0 Å². The van der Waals surface area contributed by atoms with E-state index in [2.05, 4.69) is 0 Å². The first-order valence-electron chi connectivity index (χ1n) is 7.18. The largest absolute Gasteiger partial charge is 0.459 e. The molecule has 0 radical (unpaired) electrons. The van der Waals surface area contributed by atoms with Gasteiger partial charge >= 0.3 is 5.97 Å². The molecule has 126 valence electrons. The van der Waals surface area contributed by atoms with Gasteiger partial charge in [0.05, 0.1) is 32.3 Å². The van der Waals surface area contributed by atoms with Crippen molar-refractivity contribution in [3.8, 4) is 0 Å². The Balaban J connectivity index is 4.12. The zero-order valence-electron chi connectivity index (χ0n) is 14.0. The Morgan fingerprint density at radius 2 is 1.76 bits per heavy atom. The predicted molar refractivity (Wildman–Crippen MR) is 82.5 cm³/mol. The molecule has 0 aliphatic carbocycles. The van der Waals surface area contributed by atoms with E-state index < -0.39 is 10.1 Å². The fourth-order valence-corrected chi connectivity index (χ4v) is 2.15. The van der Waals surface area contributed by atoms with Crippen molar-refractivity contribution in [3.63, 3.8) is 0 Å². The molecule has 0 aromatic carbocycles. The highest BCUT2D eigenvalue weighted by Gasteiger charge is 2.28. The van der Waals surface area contributed by atoms with Gasteiger partial charge in [0, 0.05) is 6.42 Å². The fourth-order valence-electron chi connectivity index (χ4n) is 1.66. The van der Waals surface area contributed by atoms with Crippen LogP contribution in [0.3, 0.4) is 0 Å². The molecule has 0 heterocycles. The predicted octanol–water partition coefficient (Wildman–Crippen LogP) is 1.57. The minimum absolute atomic E-state index is 0.128. The van der Waals surface area contributed by atoms with E-state index in [1.165, 1.54) is 0 Å². The van der Waals surface area contributed by atoms with Crippen LogP contribution in [-0.2, 0) is 19.6 Å². The number of ether oxygens (including phenoxy) is 1. The lowest BCUT2D eigenvalue weighted by Gasteiger charge is -2.30. The second-order valence-electron chi connectivity index (χ2n) is 7.28. The van der Waals surface area contributed by atoms with Gasteiger partial charge in [0.15, 0.2) is 0 Å². The Hall–Kier alpha value is -0.660. The fraction of sp³-hybridized carbons (Fsp3) is 0.929. The molecule has 7 heteroatoms. The topological polar surface area (TPSA) is 80.7 Å². The molecule has 0 rings (SSSR count). The first kappa shape index (κ1) is 20.3. The molecule has 0 aliphatic rings. The number of nitrogens with zero attached hydrogens (tertiary/aromatic N) is 1. The van der Waals surface area contributed by atoms with Crippen LogP contribution in [0.25, 0.3) is 0 Å². The van der Waals surface area contributed by atoms with Crippen LogP contribution in [0.15, 0.2) is 0 Å². The summed E-state index contributed by atoms with van der Waals surface area (Å²) in [5, 5.41) is 0. The van der Waals surface area contributed by atoms with Crippen molar-refractivity contribution in [1.82, 2.24) is 0 Å². The molecule has 1 atom stereocenters. The summed E-state index contributed by atoms with van der Waals surface area (Å²) in [5.41, 5.74) is -0.128. The van der Waals surface area contributed by atoms with E-state index in [1.807, 2.05) is 41.8 Å². The van der Waals surface area contributed by atoms with Crippen LogP contribution >= 0.6 is 0 Å². The smallest absolute Gasteiger partial charge is 0.309 e. The molecule has 0 saturated carbocycles. The molecule has 0 fully saturated rings. The van der Waals surface area contributed by atoms with Gasteiger partial charge in [-0.1, -0.05) is 27.7 Å². The summed E-state index contributed by atoms with van der Waals surface area (Å²) < 4.78 is 35.9. The lowest BCUT2D eigenvalue weighted by atomic mass is 9.82. The summed E-state index contributed by atoms with van der Waals surface area (Å²) in [6, 6.07) is 0. The third-order valence-electron chi connectivity index (χ3n) is 3.76. The number of quaternary nitrogens is 1. The average Bonchev–Trinajstić information content (AvgIpc) is 2.23. The van der Waals surface area contributed by atoms with Crippen molar-refractivity contribution < 1.29 is 27.0 Å². The summed E-state index contributed by atoms with van der Waals surface area (Å²) in [6.07, 6.45) is 0.373. The van der Waals surface area contributed by atoms with Gasteiger partial charge in [-0.2, -0.15) is 8.42 Å². The molecule has 0 aliphatic heterocycles. The Labute approximate surface area is 128 Å². The van der Waals surface area contributed by atoms with Crippen LogP contribution in [0, 0.1) is 11.3 Å². The van der Waals surface area contributed by atoms with Crippen molar-refractivity contribution >= 4 is 16.1 Å². The van der Waals surface area contributed by atoms with E-state index in [1.54, 1.807) is 0 Å². The van der Waals surface area contributed by atoms with E-state index in [0.29, 0.717) is 30.6 Å². The van der Waals surface area contributed by atoms with Gasteiger partial charge in [-0.15, -0.1) is 0 Å². The maximum Gasteiger partial charge on any atom is 0.309 e. The molecule has 21 heavy (non-hydrogen) atoms. The van der Waals surface area contributed by atoms with Crippen molar-refractivity contribution in [2.24, 2.45) is 11.3 Å². The second kappa shape index (κ2) is 7.56. The molecule has 0 aromatic rings. The van der Waals surface area contributed by atoms with E-state index in [-0.39, 0.29) is 23.1 Å². The molecule has 0 aromatic heterocycles. The third-order valence-corrected chi connectivity index (χ3v) is 4.56. The third kappa shape index (κ3) is 9.82. The van der Waals surface area contributed by atoms with E-state index in [4.69, 9.17) is 9.29 Å². The van der Waals surface area contributed by atoms with Crippen LogP contribution in [-0.4, -0.2) is 63.0 Å². The molecular weight excluding hydrogens is 294 g/mol. The van der Waals surface area contributed by atoms with Gasteiger partial charge in [0.25, 0.3) is 10.1 Å². The van der Waals surface area contributed by atoms with Crippen LogP contribution in [0.4, 0.5) is 0 Å². The zero-order chi connectivity index (χ0) is 16.9. The first-order valence-corrected chi connectivity index (χ1v) is 8.79. The minimum atomic E-state index is -3.90. The molecule has 0 saturated heterocycles. The van der Waals surface area contributed by atoms with Gasteiger partial charge in [-0.3, -0.25) is 9.35 Å². The van der Waals surface area contributed by atoms with Crippen LogP contribution < -0.4 is 0 Å². The lowest BCUT2D eigenvalue weighted by molar-refractivity contribution is -0.890. The SMILES string of the molecule is CC(C(=O)OCC[N+](C)(C)CCCS(=O)(=O)O)C(C)(C)C. The quantitative estimate of drug-likeness (QED) is 0.416. The highest BCUT2D eigenvalue weighted by molar-refractivity contribution is 7.85. The molecule has 1 unspecified atom stereocenters.